The normalized spacial score (nSPS) is 12.9. The zero-order valence-electron chi connectivity index (χ0n) is 11.3. The van der Waals surface area contributed by atoms with Crippen LogP contribution in [-0.2, 0) is 6.42 Å². The molecule has 3 rings (SSSR count). The van der Waals surface area contributed by atoms with Gasteiger partial charge >= 0.3 is 0 Å². The van der Waals surface area contributed by atoms with E-state index in [9.17, 15) is 0 Å². The van der Waals surface area contributed by atoms with E-state index in [4.69, 9.17) is 5.73 Å². The molecule has 0 amide bonds. The number of nitrogens with zero attached hydrogens (tertiary/aromatic N) is 3. The third-order valence-corrected chi connectivity index (χ3v) is 5.15. The molecule has 1 aromatic carbocycles. The molecule has 104 valence electrons. The molecule has 0 spiro atoms. The van der Waals surface area contributed by atoms with Gasteiger partial charge in [0, 0.05) is 15.5 Å². The minimum atomic E-state index is 0.0893. The number of nitrogen functional groups attached to an aromatic ring is 1. The summed E-state index contributed by atoms with van der Waals surface area (Å²) in [4.78, 5) is 10.2. The molecule has 4 nitrogen and oxygen atoms in total. The summed E-state index contributed by atoms with van der Waals surface area (Å²) in [5, 5.41) is 1.07. The third kappa shape index (κ3) is 2.23. The number of nitrogens with two attached hydrogens (primary N) is 1. The number of anilines is 1. The summed E-state index contributed by atoms with van der Waals surface area (Å²) < 4.78 is 3.05. The summed E-state index contributed by atoms with van der Waals surface area (Å²) in [5.41, 5.74) is 8.03. The van der Waals surface area contributed by atoms with Gasteiger partial charge in [-0.1, -0.05) is 22.9 Å². The molecule has 0 saturated heterocycles. The first-order valence-electron chi connectivity index (χ1n) is 6.47. The first-order valence-corrected chi connectivity index (χ1v) is 8.08. The van der Waals surface area contributed by atoms with E-state index >= 15 is 0 Å². The number of benzene rings is 1. The van der Waals surface area contributed by atoms with E-state index in [1.807, 2.05) is 29.0 Å². The van der Waals surface area contributed by atoms with Gasteiger partial charge in [-0.3, -0.25) is 0 Å². The standard InChI is InChI=1S/C14H15BrN4S/c1-3-10-7-17-13(20-10)8(2)19-12-5-4-9(15)6-11(12)18-14(19)16/h4-8H,3H2,1-2H3,(H2,16,18). The van der Waals surface area contributed by atoms with Crippen LogP contribution in [0.3, 0.4) is 0 Å². The summed E-state index contributed by atoms with van der Waals surface area (Å²) in [6, 6.07) is 6.11. The van der Waals surface area contributed by atoms with Crippen LogP contribution in [0.4, 0.5) is 5.95 Å². The minimum absolute atomic E-state index is 0.0893. The molecule has 2 N–H and O–H groups in total. The Morgan fingerprint density at radius 1 is 1.45 bits per heavy atom. The number of thiazole rings is 1. The summed E-state index contributed by atoms with van der Waals surface area (Å²) in [6.45, 7) is 4.25. The molecule has 0 aliphatic carbocycles. The van der Waals surface area contributed by atoms with Crippen LogP contribution in [0.15, 0.2) is 28.9 Å². The SMILES string of the molecule is CCc1cnc(C(C)n2c(N)nc3cc(Br)ccc32)s1. The number of aryl methyl sites for hydroxylation is 1. The maximum atomic E-state index is 6.09. The van der Waals surface area contributed by atoms with E-state index in [2.05, 4.69) is 39.7 Å². The Hall–Kier alpha value is -1.40. The Kier molecular flexibility index (Phi) is 3.52. The van der Waals surface area contributed by atoms with Crippen molar-refractivity contribution in [2.24, 2.45) is 0 Å². The molecular formula is C14H15BrN4S. The summed E-state index contributed by atoms with van der Waals surface area (Å²) in [7, 11) is 0. The van der Waals surface area contributed by atoms with Crippen molar-refractivity contribution in [3.05, 3.63) is 38.8 Å². The van der Waals surface area contributed by atoms with Crippen molar-refractivity contribution in [2.45, 2.75) is 26.3 Å². The Morgan fingerprint density at radius 3 is 2.95 bits per heavy atom. The van der Waals surface area contributed by atoms with Crippen LogP contribution in [-0.4, -0.2) is 14.5 Å². The van der Waals surface area contributed by atoms with Crippen LogP contribution in [0.5, 0.6) is 0 Å². The van der Waals surface area contributed by atoms with Crippen LogP contribution in [0, 0.1) is 0 Å². The topological polar surface area (TPSA) is 56.7 Å². The summed E-state index contributed by atoms with van der Waals surface area (Å²) in [6.07, 6.45) is 2.96. The van der Waals surface area contributed by atoms with Crippen LogP contribution in [0.2, 0.25) is 0 Å². The minimum Gasteiger partial charge on any atom is -0.369 e. The van der Waals surface area contributed by atoms with E-state index in [1.54, 1.807) is 11.3 Å². The highest BCUT2D eigenvalue weighted by atomic mass is 79.9. The lowest BCUT2D eigenvalue weighted by Crippen LogP contribution is -2.09. The van der Waals surface area contributed by atoms with Gasteiger partial charge in [0.1, 0.15) is 5.01 Å². The monoisotopic (exact) mass is 350 g/mol. The zero-order valence-corrected chi connectivity index (χ0v) is 13.7. The molecule has 0 saturated carbocycles. The Balaban J connectivity index is 2.11. The molecule has 3 aromatic rings. The first-order chi connectivity index (χ1) is 9.60. The number of fused-ring (bicyclic) bond motifs is 1. The van der Waals surface area contributed by atoms with Crippen molar-refractivity contribution in [1.29, 1.82) is 0 Å². The smallest absolute Gasteiger partial charge is 0.201 e. The number of aromatic nitrogens is 3. The maximum Gasteiger partial charge on any atom is 0.201 e. The van der Waals surface area contributed by atoms with Crippen molar-refractivity contribution in [2.75, 3.05) is 5.73 Å². The van der Waals surface area contributed by atoms with Gasteiger partial charge in [0.15, 0.2) is 0 Å². The van der Waals surface area contributed by atoms with E-state index in [-0.39, 0.29) is 6.04 Å². The average molecular weight is 351 g/mol. The van der Waals surface area contributed by atoms with Gasteiger partial charge in [-0.05, 0) is 31.5 Å². The fourth-order valence-corrected chi connectivity index (χ4v) is 3.54. The Bertz CT molecular complexity index is 762. The second-order valence-electron chi connectivity index (χ2n) is 4.67. The number of hydrogen-bond donors (Lipinski definition) is 1. The number of imidazole rings is 1. The summed E-state index contributed by atoms with van der Waals surface area (Å²) in [5.74, 6) is 0.527. The first kappa shape index (κ1) is 13.6. The van der Waals surface area contributed by atoms with Gasteiger partial charge in [0.25, 0.3) is 0 Å². The van der Waals surface area contributed by atoms with Crippen molar-refractivity contribution >= 4 is 44.2 Å². The van der Waals surface area contributed by atoms with E-state index in [0.717, 1.165) is 26.9 Å². The fraction of sp³-hybridized carbons (Fsp3) is 0.286. The van der Waals surface area contributed by atoms with Crippen molar-refractivity contribution in [3.8, 4) is 0 Å². The van der Waals surface area contributed by atoms with Gasteiger partial charge in [0.05, 0.1) is 17.1 Å². The van der Waals surface area contributed by atoms with Crippen LogP contribution < -0.4 is 5.73 Å². The molecule has 1 unspecified atom stereocenters. The van der Waals surface area contributed by atoms with Gasteiger partial charge in [-0.15, -0.1) is 11.3 Å². The molecule has 2 aromatic heterocycles. The van der Waals surface area contributed by atoms with Gasteiger partial charge in [-0.2, -0.15) is 0 Å². The highest BCUT2D eigenvalue weighted by Crippen LogP contribution is 2.30. The van der Waals surface area contributed by atoms with E-state index in [1.165, 1.54) is 4.88 Å². The number of rotatable bonds is 3. The highest BCUT2D eigenvalue weighted by molar-refractivity contribution is 9.10. The van der Waals surface area contributed by atoms with Gasteiger partial charge < -0.3 is 10.3 Å². The predicted octanol–water partition coefficient (Wildman–Crippen LogP) is 4.01. The molecular weight excluding hydrogens is 336 g/mol. The quantitative estimate of drug-likeness (QED) is 0.776. The molecule has 0 fully saturated rings. The molecule has 6 heteroatoms. The summed E-state index contributed by atoms with van der Waals surface area (Å²) >= 11 is 5.20. The van der Waals surface area contributed by atoms with E-state index < -0.39 is 0 Å². The van der Waals surface area contributed by atoms with Crippen molar-refractivity contribution in [3.63, 3.8) is 0 Å². The van der Waals surface area contributed by atoms with Crippen LogP contribution >= 0.6 is 27.3 Å². The highest BCUT2D eigenvalue weighted by Gasteiger charge is 2.18. The number of hydrogen-bond acceptors (Lipinski definition) is 4. The molecule has 20 heavy (non-hydrogen) atoms. The third-order valence-electron chi connectivity index (χ3n) is 3.34. The molecule has 2 heterocycles. The Morgan fingerprint density at radius 2 is 2.25 bits per heavy atom. The van der Waals surface area contributed by atoms with Crippen LogP contribution in [0.1, 0.15) is 29.8 Å². The molecule has 0 bridgehead atoms. The van der Waals surface area contributed by atoms with Gasteiger partial charge in [-0.25, -0.2) is 9.97 Å². The van der Waals surface area contributed by atoms with Crippen molar-refractivity contribution < 1.29 is 0 Å². The van der Waals surface area contributed by atoms with Crippen molar-refractivity contribution in [1.82, 2.24) is 14.5 Å². The van der Waals surface area contributed by atoms with Gasteiger partial charge in [0.2, 0.25) is 5.95 Å². The van der Waals surface area contributed by atoms with Crippen LogP contribution in [0.25, 0.3) is 11.0 Å². The molecule has 0 aliphatic heterocycles. The lowest BCUT2D eigenvalue weighted by Gasteiger charge is -2.13. The second-order valence-corrected chi connectivity index (χ2v) is 6.73. The second kappa shape index (κ2) is 5.18. The lowest BCUT2D eigenvalue weighted by atomic mass is 10.3. The predicted molar refractivity (Wildman–Crippen MR) is 87.2 cm³/mol. The maximum absolute atomic E-state index is 6.09. The lowest BCUT2D eigenvalue weighted by molar-refractivity contribution is 0.662. The number of halogens is 1. The fourth-order valence-electron chi connectivity index (χ4n) is 2.29. The molecule has 0 radical (unpaired) electrons. The molecule has 1 atom stereocenters. The zero-order chi connectivity index (χ0) is 14.3. The largest absolute Gasteiger partial charge is 0.369 e. The van der Waals surface area contributed by atoms with E-state index in [0.29, 0.717) is 5.95 Å². The Labute approximate surface area is 129 Å². The average Bonchev–Trinajstić information content (AvgIpc) is 3.01. The molecule has 0 aliphatic rings.